The van der Waals surface area contributed by atoms with Crippen molar-refractivity contribution in [3.63, 3.8) is 0 Å². The maximum absolute atomic E-state index is 12.7. The number of aliphatic imine (C=N–C) groups is 1. The van der Waals surface area contributed by atoms with E-state index in [4.69, 9.17) is 4.99 Å². The molecular formula is C21H40IN5O2. The molecule has 0 aromatic carbocycles. The molecule has 0 radical (unpaired) electrons. The Bertz CT molecular complexity index is 511. The molecule has 2 N–H and O–H groups in total. The van der Waals surface area contributed by atoms with Gasteiger partial charge in [0.05, 0.1) is 12.6 Å². The van der Waals surface area contributed by atoms with Gasteiger partial charge in [-0.05, 0) is 32.6 Å². The molecule has 7 nitrogen and oxygen atoms in total. The fraction of sp³-hybridized carbons (Fsp3) is 0.905. The van der Waals surface area contributed by atoms with E-state index < -0.39 is 0 Å². The average molecular weight is 521 g/mol. The van der Waals surface area contributed by atoms with E-state index in [0.29, 0.717) is 5.91 Å². The van der Waals surface area contributed by atoms with Crippen LogP contribution in [0.25, 0.3) is 0 Å². The molecule has 2 aliphatic heterocycles. The fourth-order valence-corrected chi connectivity index (χ4v) is 4.60. The van der Waals surface area contributed by atoms with E-state index in [1.807, 2.05) is 0 Å². The number of aliphatic hydroxyl groups is 1. The summed E-state index contributed by atoms with van der Waals surface area (Å²) in [5, 5.41) is 13.1. The first-order chi connectivity index (χ1) is 13.7. The zero-order chi connectivity index (χ0) is 19.8. The van der Waals surface area contributed by atoms with Crippen LogP contribution in [-0.4, -0.2) is 96.7 Å². The lowest BCUT2D eigenvalue weighted by Crippen LogP contribution is -2.51. The lowest BCUT2D eigenvalue weighted by atomic mass is 9.88. The van der Waals surface area contributed by atoms with Crippen molar-refractivity contribution in [2.24, 2.45) is 10.9 Å². The monoisotopic (exact) mass is 521 g/mol. The van der Waals surface area contributed by atoms with Crippen molar-refractivity contribution < 1.29 is 9.90 Å². The third-order valence-electron chi connectivity index (χ3n) is 6.42. The number of amides is 1. The van der Waals surface area contributed by atoms with Crippen LogP contribution in [0.5, 0.6) is 0 Å². The highest BCUT2D eigenvalue weighted by Gasteiger charge is 2.28. The SMILES string of the molecule is CCNC(=NCCN1CCN(C(=O)C2CCCCC2)CC1)N1CCC(O)CC1.I. The lowest BCUT2D eigenvalue weighted by molar-refractivity contribution is -0.138. The highest BCUT2D eigenvalue weighted by Crippen LogP contribution is 2.25. The predicted octanol–water partition coefficient (Wildman–Crippen LogP) is 1.75. The first-order valence-electron chi connectivity index (χ1n) is 11.4. The molecule has 0 spiro atoms. The van der Waals surface area contributed by atoms with Crippen molar-refractivity contribution >= 4 is 35.8 Å². The molecule has 0 unspecified atom stereocenters. The number of rotatable bonds is 5. The molecule has 29 heavy (non-hydrogen) atoms. The minimum atomic E-state index is -0.160. The van der Waals surface area contributed by atoms with Gasteiger partial charge in [-0.15, -0.1) is 24.0 Å². The third kappa shape index (κ3) is 7.54. The van der Waals surface area contributed by atoms with Crippen molar-refractivity contribution in [1.29, 1.82) is 0 Å². The topological polar surface area (TPSA) is 71.4 Å². The Balaban J connectivity index is 0.00000300. The largest absolute Gasteiger partial charge is 0.393 e. The summed E-state index contributed by atoms with van der Waals surface area (Å²) < 4.78 is 0. The molecule has 2 saturated heterocycles. The summed E-state index contributed by atoms with van der Waals surface area (Å²) in [6, 6.07) is 0. The van der Waals surface area contributed by atoms with Gasteiger partial charge in [0.25, 0.3) is 0 Å². The van der Waals surface area contributed by atoms with Crippen LogP contribution < -0.4 is 5.32 Å². The van der Waals surface area contributed by atoms with Crippen molar-refractivity contribution in [2.75, 3.05) is 58.9 Å². The number of guanidine groups is 1. The van der Waals surface area contributed by atoms with Gasteiger partial charge in [0.2, 0.25) is 5.91 Å². The molecule has 0 aromatic rings. The average Bonchev–Trinajstić information content (AvgIpc) is 2.74. The quantitative estimate of drug-likeness (QED) is 0.328. The molecule has 168 valence electrons. The Morgan fingerprint density at radius 1 is 0.966 bits per heavy atom. The number of piperazine rings is 1. The van der Waals surface area contributed by atoms with Crippen LogP contribution in [0.4, 0.5) is 0 Å². The number of carbonyl (C=O) groups excluding carboxylic acids is 1. The van der Waals surface area contributed by atoms with Gasteiger partial charge in [-0.3, -0.25) is 14.7 Å². The summed E-state index contributed by atoms with van der Waals surface area (Å²) in [5.41, 5.74) is 0. The van der Waals surface area contributed by atoms with Gasteiger partial charge in [-0.25, -0.2) is 0 Å². The molecule has 8 heteroatoms. The minimum absolute atomic E-state index is 0. The number of hydrogen-bond acceptors (Lipinski definition) is 4. The summed E-state index contributed by atoms with van der Waals surface area (Å²) in [7, 11) is 0. The van der Waals surface area contributed by atoms with Crippen LogP contribution in [0.1, 0.15) is 51.9 Å². The Labute approximate surface area is 193 Å². The number of aliphatic hydroxyl groups excluding tert-OH is 1. The lowest BCUT2D eigenvalue weighted by Gasteiger charge is -2.37. The van der Waals surface area contributed by atoms with Gasteiger partial charge >= 0.3 is 0 Å². The van der Waals surface area contributed by atoms with E-state index in [0.717, 1.165) is 90.5 Å². The number of piperidine rings is 1. The fourth-order valence-electron chi connectivity index (χ4n) is 4.60. The second-order valence-corrected chi connectivity index (χ2v) is 8.46. The van der Waals surface area contributed by atoms with E-state index in [1.165, 1.54) is 19.3 Å². The summed E-state index contributed by atoms with van der Waals surface area (Å²) >= 11 is 0. The van der Waals surface area contributed by atoms with E-state index in [2.05, 4.69) is 26.9 Å². The van der Waals surface area contributed by atoms with Crippen LogP contribution in [-0.2, 0) is 4.79 Å². The predicted molar refractivity (Wildman–Crippen MR) is 128 cm³/mol. The van der Waals surface area contributed by atoms with Crippen LogP contribution in [0.15, 0.2) is 4.99 Å². The molecular weight excluding hydrogens is 481 g/mol. The van der Waals surface area contributed by atoms with Gasteiger partial charge in [0.1, 0.15) is 0 Å². The molecule has 0 bridgehead atoms. The molecule has 1 amide bonds. The Morgan fingerprint density at radius 3 is 2.24 bits per heavy atom. The second kappa shape index (κ2) is 12.9. The normalized spacial score (nSPS) is 23.0. The Hall–Kier alpha value is -0.610. The summed E-state index contributed by atoms with van der Waals surface area (Å²) in [6.45, 7) is 10.1. The van der Waals surface area contributed by atoms with Crippen molar-refractivity contribution in [2.45, 2.75) is 58.0 Å². The van der Waals surface area contributed by atoms with Crippen molar-refractivity contribution in [1.82, 2.24) is 20.0 Å². The van der Waals surface area contributed by atoms with Gasteiger partial charge in [0.15, 0.2) is 5.96 Å². The van der Waals surface area contributed by atoms with Gasteiger partial charge in [-0.2, -0.15) is 0 Å². The van der Waals surface area contributed by atoms with Crippen LogP contribution in [0, 0.1) is 5.92 Å². The molecule has 0 aromatic heterocycles. The van der Waals surface area contributed by atoms with E-state index in [1.54, 1.807) is 0 Å². The molecule has 3 rings (SSSR count). The van der Waals surface area contributed by atoms with E-state index in [-0.39, 0.29) is 36.0 Å². The summed E-state index contributed by atoms with van der Waals surface area (Å²) in [4.78, 5) is 24.3. The first-order valence-corrected chi connectivity index (χ1v) is 11.4. The molecule has 1 aliphatic carbocycles. The number of hydrogen-bond donors (Lipinski definition) is 2. The van der Waals surface area contributed by atoms with Gasteiger partial charge < -0.3 is 20.2 Å². The number of halogens is 1. The van der Waals surface area contributed by atoms with Crippen LogP contribution in [0.2, 0.25) is 0 Å². The summed E-state index contributed by atoms with van der Waals surface area (Å²) in [5.74, 6) is 1.66. The zero-order valence-electron chi connectivity index (χ0n) is 18.0. The maximum Gasteiger partial charge on any atom is 0.225 e. The Morgan fingerprint density at radius 2 is 1.62 bits per heavy atom. The minimum Gasteiger partial charge on any atom is -0.393 e. The van der Waals surface area contributed by atoms with Gasteiger partial charge in [-0.1, -0.05) is 19.3 Å². The zero-order valence-corrected chi connectivity index (χ0v) is 20.4. The molecule has 3 fully saturated rings. The molecule has 0 atom stereocenters. The molecule has 2 heterocycles. The second-order valence-electron chi connectivity index (χ2n) is 8.46. The molecule has 3 aliphatic rings. The highest BCUT2D eigenvalue weighted by atomic mass is 127. The maximum atomic E-state index is 12.7. The Kier molecular flexibility index (Phi) is 11.0. The van der Waals surface area contributed by atoms with Crippen molar-refractivity contribution in [3.8, 4) is 0 Å². The van der Waals surface area contributed by atoms with E-state index in [9.17, 15) is 9.90 Å². The standard InChI is InChI=1S/C21H39N5O2.HI/c1-2-22-21(26-11-8-19(27)9-12-26)23-10-13-24-14-16-25(17-15-24)20(28)18-6-4-3-5-7-18;/h18-19,27H,2-17H2,1H3,(H,22,23);1H. The van der Waals surface area contributed by atoms with Crippen LogP contribution >= 0.6 is 24.0 Å². The van der Waals surface area contributed by atoms with Gasteiger partial charge in [0, 0.05) is 58.3 Å². The summed E-state index contributed by atoms with van der Waals surface area (Å²) in [6.07, 6.45) is 7.40. The van der Waals surface area contributed by atoms with E-state index >= 15 is 0 Å². The smallest absolute Gasteiger partial charge is 0.225 e. The number of nitrogens with one attached hydrogen (secondary N) is 1. The number of carbonyl (C=O) groups is 1. The first kappa shape index (κ1) is 24.7. The number of nitrogens with zero attached hydrogens (tertiary/aromatic N) is 4. The molecule has 1 saturated carbocycles. The third-order valence-corrected chi connectivity index (χ3v) is 6.42. The number of likely N-dealkylation sites (tertiary alicyclic amines) is 1. The van der Waals surface area contributed by atoms with Crippen molar-refractivity contribution in [3.05, 3.63) is 0 Å². The van der Waals surface area contributed by atoms with Crippen LogP contribution in [0.3, 0.4) is 0 Å². The highest BCUT2D eigenvalue weighted by molar-refractivity contribution is 14.0.